The molecule has 1 heterocycles. The molecule has 0 radical (unpaired) electrons. The van der Waals surface area contributed by atoms with Crippen LogP contribution in [-0.4, -0.2) is 38.5 Å². The lowest BCUT2D eigenvalue weighted by Crippen LogP contribution is -2.28. The summed E-state index contributed by atoms with van der Waals surface area (Å²) in [6.07, 6.45) is 2.80. The Morgan fingerprint density at radius 1 is 1.42 bits per heavy atom. The third-order valence-electron chi connectivity index (χ3n) is 1.27. The lowest BCUT2D eigenvalue weighted by Gasteiger charge is -2.16. The summed E-state index contributed by atoms with van der Waals surface area (Å²) in [5.74, 6) is 0. The lowest BCUT2D eigenvalue weighted by molar-refractivity contribution is 0.0866. The van der Waals surface area contributed by atoms with Crippen LogP contribution in [0.15, 0.2) is 0 Å². The molecule has 0 amide bonds. The SMILES string of the molecule is CS(=O)(=O)O.NC1CCOCC1. The van der Waals surface area contributed by atoms with E-state index in [1.807, 2.05) is 0 Å². The first-order valence-corrected chi connectivity index (χ1v) is 5.50. The van der Waals surface area contributed by atoms with E-state index in [9.17, 15) is 8.42 Å². The van der Waals surface area contributed by atoms with Gasteiger partial charge in [0.15, 0.2) is 0 Å². The highest BCUT2D eigenvalue weighted by Crippen LogP contribution is 2.01. The summed E-state index contributed by atoms with van der Waals surface area (Å²) in [7, 11) is -3.67. The molecule has 0 saturated carbocycles. The van der Waals surface area contributed by atoms with E-state index in [2.05, 4.69) is 0 Å². The van der Waals surface area contributed by atoms with Crippen LogP contribution >= 0.6 is 0 Å². The fourth-order valence-corrected chi connectivity index (χ4v) is 0.716. The number of ether oxygens (including phenoxy) is 1. The summed E-state index contributed by atoms with van der Waals surface area (Å²) in [6, 6.07) is 0.411. The predicted molar refractivity (Wildman–Crippen MR) is 45.5 cm³/mol. The van der Waals surface area contributed by atoms with Gasteiger partial charge in [0.25, 0.3) is 10.1 Å². The van der Waals surface area contributed by atoms with Crippen LogP contribution in [-0.2, 0) is 14.9 Å². The maximum absolute atomic E-state index is 9.19. The Morgan fingerprint density at radius 3 is 1.92 bits per heavy atom. The number of hydrogen-bond acceptors (Lipinski definition) is 4. The van der Waals surface area contributed by atoms with Gasteiger partial charge in [-0.15, -0.1) is 0 Å². The van der Waals surface area contributed by atoms with Crippen LogP contribution in [0.4, 0.5) is 0 Å². The zero-order valence-corrected chi connectivity index (χ0v) is 7.88. The highest BCUT2D eigenvalue weighted by molar-refractivity contribution is 7.85. The summed E-state index contributed by atoms with van der Waals surface area (Å²) >= 11 is 0. The van der Waals surface area contributed by atoms with E-state index in [1.165, 1.54) is 0 Å². The van der Waals surface area contributed by atoms with Crippen molar-refractivity contribution >= 4 is 10.1 Å². The van der Waals surface area contributed by atoms with E-state index < -0.39 is 10.1 Å². The first-order chi connectivity index (χ1) is 5.39. The monoisotopic (exact) mass is 197 g/mol. The molecule has 1 aliphatic heterocycles. The molecule has 0 unspecified atom stereocenters. The van der Waals surface area contributed by atoms with E-state index in [0.29, 0.717) is 12.3 Å². The average molecular weight is 197 g/mol. The van der Waals surface area contributed by atoms with Gasteiger partial charge >= 0.3 is 0 Å². The second kappa shape index (κ2) is 5.47. The molecule has 3 N–H and O–H groups in total. The molecule has 0 aromatic carbocycles. The van der Waals surface area contributed by atoms with Gasteiger partial charge < -0.3 is 10.5 Å². The second-order valence-corrected chi connectivity index (χ2v) is 4.15. The largest absolute Gasteiger partial charge is 0.381 e. The quantitative estimate of drug-likeness (QED) is 0.517. The molecule has 5 nitrogen and oxygen atoms in total. The summed E-state index contributed by atoms with van der Waals surface area (Å²) in [6.45, 7) is 1.72. The van der Waals surface area contributed by atoms with Gasteiger partial charge in [0.2, 0.25) is 0 Å². The van der Waals surface area contributed by atoms with E-state index in [-0.39, 0.29) is 0 Å². The Morgan fingerprint density at radius 2 is 1.75 bits per heavy atom. The average Bonchev–Trinajstić information content (AvgIpc) is 1.85. The fourth-order valence-electron chi connectivity index (χ4n) is 0.716. The molecule has 0 aromatic heterocycles. The number of hydrogen-bond donors (Lipinski definition) is 2. The van der Waals surface area contributed by atoms with Gasteiger partial charge in [0, 0.05) is 19.3 Å². The number of nitrogens with two attached hydrogens (primary N) is 1. The molecule has 1 saturated heterocycles. The molecule has 0 spiro atoms. The Kier molecular flexibility index (Phi) is 5.39. The third kappa shape index (κ3) is 12.5. The van der Waals surface area contributed by atoms with Crippen molar-refractivity contribution in [2.75, 3.05) is 19.5 Å². The van der Waals surface area contributed by atoms with E-state index >= 15 is 0 Å². The van der Waals surface area contributed by atoms with Crippen LogP contribution in [0.3, 0.4) is 0 Å². The first kappa shape index (κ1) is 11.8. The van der Waals surface area contributed by atoms with Crippen molar-refractivity contribution in [2.45, 2.75) is 18.9 Å². The first-order valence-electron chi connectivity index (χ1n) is 3.65. The van der Waals surface area contributed by atoms with Crippen molar-refractivity contribution in [1.82, 2.24) is 0 Å². The normalized spacial score (nSPS) is 19.6. The molecular formula is C6H15NO4S. The van der Waals surface area contributed by atoms with Gasteiger partial charge in [-0.25, -0.2) is 0 Å². The topological polar surface area (TPSA) is 89.6 Å². The molecule has 1 fully saturated rings. The van der Waals surface area contributed by atoms with Crippen LogP contribution < -0.4 is 5.73 Å². The van der Waals surface area contributed by atoms with Crippen LogP contribution in [0.1, 0.15) is 12.8 Å². The summed E-state index contributed by atoms with van der Waals surface area (Å²) in [5.41, 5.74) is 5.55. The number of rotatable bonds is 0. The maximum Gasteiger partial charge on any atom is 0.261 e. The van der Waals surface area contributed by atoms with Crippen molar-refractivity contribution in [3.63, 3.8) is 0 Å². The zero-order valence-electron chi connectivity index (χ0n) is 7.06. The Labute approximate surface area is 72.6 Å². The molecule has 12 heavy (non-hydrogen) atoms. The minimum absolute atomic E-state index is 0.411. The predicted octanol–water partition coefficient (Wildman–Crippen LogP) is -0.372. The summed E-state index contributed by atoms with van der Waals surface area (Å²) < 4.78 is 30.9. The minimum Gasteiger partial charge on any atom is -0.381 e. The molecule has 6 heteroatoms. The molecule has 0 aromatic rings. The van der Waals surface area contributed by atoms with Crippen LogP contribution in [0.25, 0.3) is 0 Å². The van der Waals surface area contributed by atoms with Crippen molar-refractivity contribution in [3.8, 4) is 0 Å². The van der Waals surface area contributed by atoms with Crippen molar-refractivity contribution in [3.05, 3.63) is 0 Å². The third-order valence-corrected chi connectivity index (χ3v) is 1.27. The van der Waals surface area contributed by atoms with Gasteiger partial charge in [-0.3, -0.25) is 4.55 Å². The van der Waals surface area contributed by atoms with Crippen molar-refractivity contribution in [1.29, 1.82) is 0 Å². The van der Waals surface area contributed by atoms with Gasteiger partial charge in [0.1, 0.15) is 0 Å². The molecule has 0 bridgehead atoms. The molecule has 0 atom stereocenters. The molecule has 1 aliphatic rings. The van der Waals surface area contributed by atoms with Gasteiger partial charge in [-0.05, 0) is 12.8 Å². The Balaban J connectivity index is 0.000000217. The van der Waals surface area contributed by atoms with Crippen LogP contribution in [0.2, 0.25) is 0 Å². The van der Waals surface area contributed by atoms with E-state index in [0.717, 1.165) is 26.1 Å². The highest BCUT2D eigenvalue weighted by atomic mass is 32.2. The standard InChI is InChI=1S/C5H11NO.CH4O3S/c6-5-1-3-7-4-2-5;1-5(2,3)4/h5H,1-4,6H2;1H3,(H,2,3,4). The summed E-state index contributed by atoms with van der Waals surface area (Å²) in [5, 5.41) is 0. The smallest absolute Gasteiger partial charge is 0.261 e. The molecule has 1 rings (SSSR count). The molecular weight excluding hydrogens is 182 g/mol. The van der Waals surface area contributed by atoms with Crippen LogP contribution in [0.5, 0.6) is 0 Å². The second-order valence-electron chi connectivity index (χ2n) is 2.68. The lowest BCUT2D eigenvalue weighted by atomic mass is 10.1. The Hall–Kier alpha value is -0.170. The van der Waals surface area contributed by atoms with Gasteiger partial charge in [0.05, 0.1) is 6.26 Å². The fraction of sp³-hybridized carbons (Fsp3) is 1.00. The highest BCUT2D eigenvalue weighted by Gasteiger charge is 2.06. The molecule has 74 valence electrons. The van der Waals surface area contributed by atoms with Crippen molar-refractivity contribution in [2.24, 2.45) is 5.73 Å². The Bertz CT molecular complexity index is 188. The van der Waals surface area contributed by atoms with E-state index in [1.54, 1.807) is 0 Å². The zero-order chi connectivity index (χ0) is 9.61. The minimum atomic E-state index is -3.67. The maximum atomic E-state index is 9.19. The molecule has 0 aliphatic carbocycles. The summed E-state index contributed by atoms with van der Waals surface area (Å²) in [4.78, 5) is 0. The van der Waals surface area contributed by atoms with Gasteiger partial charge in [-0.2, -0.15) is 8.42 Å². The van der Waals surface area contributed by atoms with Gasteiger partial charge in [-0.1, -0.05) is 0 Å². The van der Waals surface area contributed by atoms with E-state index in [4.69, 9.17) is 15.0 Å². The van der Waals surface area contributed by atoms with Crippen LogP contribution in [0, 0.1) is 0 Å². The van der Waals surface area contributed by atoms with Crippen molar-refractivity contribution < 1.29 is 17.7 Å².